The number of likely N-dealkylation sites (tertiary alicyclic amines) is 1. The highest BCUT2D eigenvalue weighted by atomic mass is 32.2. The van der Waals surface area contributed by atoms with E-state index in [0.29, 0.717) is 24.5 Å². The van der Waals surface area contributed by atoms with Gasteiger partial charge in [0.15, 0.2) is 0 Å². The fourth-order valence-electron chi connectivity index (χ4n) is 4.40. The number of hydrogen-bond acceptors (Lipinski definition) is 6. The van der Waals surface area contributed by atoms with Crippen LogP contribution >= 0.6 is 11.3 Å². The second kappa shape index (κ2) is 9.68. The smallest absolute Gasteiger partial charge is 0.246 e. The molecule has 2 saturated heterocycles. The van der Waals surface area contributed by atoms with Crippen LogP contribution in [-0.4, -0.2) is 56.8 Å². The average Bonchev–Trinajstić information content (AvgIpc) is 3.46. The Morgan fingerprint density at radius 1 is 1.16 bits per heavy atom. The number of carbonyl (C=O) groups excluding carboxylic acids is 1. The van der Waals surface area contributed by atoms with Crippen molar-refractivity contribution in [3.63, 3.8) is 0 Å². The van der Waals surface area contributed by atoms with Gasteiger partial charge in [-0.15, -0.1) is 11.3 Å². The Hall–Kier alpha value is -1.94. The number of carbonyl (C=O) groups is 1. The number of hydrogen-bond donors (Lipinski definition) is 1. The van der Waals surface area contributed by atoms with Crippen LogP contribution in [0.2, 0.25) is 0 Å². The first-order chi connectivity index (χ1) is 15.0. The standard InChI is InChI=1S/C22H29N3O4S2/c1-29-19-10-9-17(15-21(19)31(27,28)25-12-3-2-4-13-25)23-22(26)16-24-11-5-7-18(24)20-8-6-14-30-20/h6,8-10,14-15,18H,2-5,7,11-13,16H2,1H3,(H,23,26)/t18-/m0/s1. The Balaban J connectivity index is 1.48. The molecule has 31 heavy (non-hydrogen) atoms. The molecule has 0 bridgehead atoms. The largest absolute Gasteiger partial charge is 0.495 e. The summed E-state index contributed by atoms with van der Waals surface area (Å²) >= 11 is 1.72. The van der Waals surface area contributed by atoms with Gasteiger partial charge in [0.1, 0.15) is 10.6 Å². The lowest BCUT2D eigenvalue weighted by atomic mass is 10.2. The normalized spacial score (nSPS) is 20.6. The summed E-state index contributed by atoms with van der Waals surface area (Å²) in [7, 11) is -2.22. The molecule has 3 heterocycles. The molecule has 1 amide bonds. The van der Waals surface area contributed by atoms with Crippen LogP contribution in [0.1, 0.15) is 43.0 Å². The van der Waals surface area contributed by atoms with Gasteiger partial charge in [0, 0.05) is 29.7 Å². The van der Waals surface area contributed by atoms with Gasteiger partial charge in [-0.3, -0.25) is 9.69 Å². The molecule has 2 aliphatic heterocycles. The van der Waals surface area contributed by atoms with E-state index in [9.17, 15) is 13.2 Å². The van der Waals surface area contributed by atoms with Crippen molar-refractivity contribution in [2.45, 2.75) is 43.0 Å². The van der Waals surface area contributed by atoms with Crippen LogP contribution in [-0.2, 0) is 14.8 Å². The zero-order valence-corrected chi connectivity index (χ0v) is 19.4. The number of rotatable bonds is 7. The molecular weight excluding hydrogens is 434 g/mol. The highest BCUT2D eigenvalue weighted by Crippen LogP contribution is 2.34. The van der Waals surface area contributed by atoms with Crippen molar-refractivity contribution in [3.05, 3.63) is 40.6 Å². The average molecular weight is 464 g/mol. The summed E-state index contributed by atoms with van der Waals surface area (Å²) in [6.07, 6.45) is 4.88. The molecule has 168 valence electrons. The predicted molar refractivity (Wildman–Crippen MR) is 122 cm³/mol. The van der Waals surface area contributed by atoms with Gasteiger partial charge in [-0.1, -0.05) is 12.5 Å². The quantitative estimate of drug-likeness (QED) is 0.677. The molecule has 1 aromatic carbocycles. The number of sulfonamides is 1. The van der Waals surface area contributed by atoms with Crippen molar-refractivity contribution in [2.24, 2.45) is 0 Å². The Morgan fingerprint density at radius 3 is 2.68 bits per heavy atom. The molecule has 0 radical (unpaired) electrons. The van der Waals surface area contributed by atoms with Crippen molar-refractivity contribution in [1.29, 1.82) is 0 Å². The van der Waals surface area contributed by atoms with Crippen LogP contribution in [0.15, 0.2) is 40.6 Å². The molecule has 4 rings (SSSR count). The van der Waals surface area contributed by atoms with E-state index < -0.39 is 10.0 Å². The lowest BCUT2D eigenvalue weighted by Crippen LogP contribution is -2.36. The molecule has 2 aliphatic rings. The first kappa shape index (κ1) is 22.3. The van der Waals surface area contributed by atoms with Gasteiger partial charge in [0.25, 0.3) is 0 Å². The third kappa shape index (κ3) is 4.95. The molecule has 1 atom stereocenters. The van der Waals surface area contributed by atoms with Gasteiger partial charge in [-0.2, -0.15) is 4.31 Å². The number of ether oxygens (including phenoxy) is 1. The van der Waals surface area contributed by atoms with E-state index in [4.69, 9.17) is 4.74 Å². The molecular formula is C22H29N3O4S2. The maximum absolute atomic E-state index is 13.2. The molecule has 0 saturated carbocycles. The lowest BCUT2D eigenvalue weighted by molar-refractivity contribution is -0.117. The zero-order chi connectivity index (χ0) is 21.8. The Kier molecular flexibility index (Phi) is 6.95. The first-order valence-electron chi connectivity index (χ1n) is 10.7. The number of amides is 1. The summed E-state index contributed by atoms with van der Waals surface area (Å²) in [5, 5.41) is 4.95. The van der Waals surface area contributed by atoms with Gasteiger partial charge in [-0.25, -0.2) is 8.42 Å². The summed E-state index contributed by atoms with van der Waals surface area (Å²) in [6, 6.07) is 9.24. The van der Waals surface area contributed by atoms with E-state index in [0.717, 1.165) is 38.6 Å². The second-order valence-electron chi connectivity index (χ2n) is 8.02. The fourth-order valence-corrected chi connectivity index (χ4v) is 7.00. The number of anilines is 1. The number of nitrogens with zero attached hydrogens (tertiary/aromatic N) is 2. The summed E-state index contributed by atoms with van der Waals surface area (Å²) in [6.45, 7) is 2.19. The van der Waals surface area contributed by atoms with Crippen molar-refractivity contribution in [2.75, 3.05) is 38.6 Å². The van der Waals surface area contributed by atoms with Crippen LogP contribution in [0.4, 0.5) is 5.69 Å². The van der Waals surface area contributed by atoms with Gasteiger partial charge < -0.3 is 10.1 Å². The van der Waals surface area contributed by atoms with E-state index in [1.165, 1.54) is 22.4 Å². The summed E-state index contributed by atoms with van der Waals surface area (Å²) < 4.78 is 33.2. The van der Waals surface area contributed by atoms with Crippen molar-refractivity contribution < 1.29 is 17.9 Å². The maximum atomic E-state index is 13.2. The number of piperidine rings is 1. The van der Waals surface area contributed by atoms with Crippen molar-refractivity contribution >= 4 is 33.0 Å². The number of thiophene rings is 1. The second-order valence-corrected chi connectivity index (χ2v) is 10.9. The third-order valence-corrected chi connectivity index (χ3v) is 8.86. The Bertz CT molecular complexity index is 1000. The van der Waals surface area contributed by atoms with E-state index in [1.807, 2.05) is 6.07 Å². The van der Waals surface area contributed by atoms with Crippen LogP contribution in [0.5, 0.6) is 5.75 Å². The number of nitrogens with one attached hydrogen (secondary N) is 1. The molecule has 1 N–H and O–H groups in total. The van der Waals surface area contributed by atoms with Gasteiger partial charge >= 0.3 is 0 Å². The molecule has 2 aromatic rings. The van der Waals surface area contributed by atoms with Crippen molar-refractivity contribution in [3.8, 4) is 5.75 Å². The molecule has 9 heteroatoms. The predicted octanol–water partition coefficient (Wildman–Crippen LogP) is 3.71. The lowest BCUT2D eigenvalue weighted by Gasteiger charge is -2.27. The molecule has 0 unspecified atom stereocenters. The highest BCUT2D eigenvalue weighted by Gasteiger charge is 2.30. The topological polar surface area (TPSA) is 79.0 Å². The van der Waals surface area contributed by atoms with Crippen LogP contribution in [0, 0.1) is 0 Å². The maximum Gasteiger partial charge on any atom is 0.246 e. The monoisotopic (exact) mass is 463 g/mol. The number of benzene rings is 1. The zero-order valence-electron chi connectivity index (χ0n) is 17.7. The minimum absolute atomic E-state index is 0.104. The third-order valence-electron chi connectivity index (χ3n) is 5.96. The Labute approximate surface area is 188 Å². The van der Waals surface area contributed by atoms with E-state index in [2.05, 4.69) is 21.7 Å². The van der Waals surface area contributed by atoms with Crippen LogP contribution in [0.25, 0.3) is 0 Å². The molecule has 7 nitrogen and oxygen atoms in total. The summed E-state index contributed by atoms with van der Waals surface area (Å²) in [5.74, 6) is 0.149. The molecule has 0 aliphatic carbocycles. The molecule has 0 spiro atoms. The van der Waals surface area contributed by atoms with Gasteiger partial charge in [0.05, 0.1) is 13.7 Å². The minimum atomic E-state index is -3.68. The van der Waals surface area contributed by atoms with E-state index in [-0.39, 0.29) is 23.4 Å². The van der Waals surface area contributed by atoms with Crippen LogP contribution in [0.3, 0.4) is 0 Å². The van der Waals surface area contributed by atoms with Gasteiger partial charge in [-0.05, 0) is 61.9 Å². The minimum Gasteiger partial charge on any atom is -0.495 e. The van der Waals surface area contributed by atoms with E-state index in [1.54, 1.807) is 23.5 Å². The molecule has 1 aromatic heterocycles. The summed E-state index contributed by atoms with van der Waals surface area (Å²) in [5.41, 5.74) is 0.466. The van der Waals surface area contributed by atoms with Gasteiger partial charge in [0.2, 0.25) is 15.9 Å². The first-order valence-corrected chi connectivity index (χ1v) is 13.1. The SMILES string of the molecule is COc1ccc(NC(=O)CN2CCC[C@H]2c2cccs2)cc1S(=O)(=O)N1CCCCC1. The van der Waals surface area contributed by atoms with E-state index >= 15 is 0 Å². The number of methoxy groups -OCH3 is 1. The highest BCUT2D eigenvalue weighted by molar-refractivity contribution is 7.89. The summed E-state index contributed by atoms with van der Waals surface area (Å²) in [4.78, 5) is 16.3. The Morgan fingerprint density at radius 2 is 1.97 bits per heavy atom. The van der Waals surface area contributed by atoms with Crippen molar-refractivity contribution in [1.82, 2.24) is 9.21 Å². The fraction of sp³-hybridized carbons (Fsp3) is 0.500. The molecule has 2 fully saturated rings. The van der Waals surface area contributed by atoms with Crippen LogP contribution < -0.4 is 10.1 Å².